The van der Waals surface area contributed by atoms with Gasteiger partial charge in [-0.15, -0.1) is 0 Å². The van der Waals surface area contributed by atoms with Crippen LogP contribution in [0.2, 0.25) is 0 Å². The number of benzene rings is 4. The van der Waals surface area contributed by atoms with Gasteiger partial charge in [0.15, 0.2) is 0 Å². The van der Waals surface area contributed by atoms with E-state index in [1.165, 1.54) is 0 Å². The van der Waals surface area contributed by atoms with E-state index in [4.69, 9.17) is 18.9 Å². The molecule has 1 heterocycles. The maximum absolute atomic E-state index is 6.59. The molecule has 188 valence electrons. The largest absolute Gasteiger partial charge is 0.491 e. The van der Waals surface area contributed by atoms with Crippen LogP contribution < -0.4 is 0 Å². The molecule has 0 saturated carbocycles. The first-order chi connectivity index (χ1) is 18.3. The summed E-state index contributed by atoms with van der Waals surface area (Å²) in [6.07, 6.45) is 1.05. The maximum Gasteiger partial charge on any atom is 0.143 e. The quantitative estimate of drug-likeness (QED) is 0.225. The highest BCUT2D eigenvalue weighted by molar-refractivity contribution is 5.26. The van der Waals surface area contributed by atoms with Gasteiger partial charge in [0.2, 0.25) is 0 Å². The number of hydrogen-bond donors (Lipinski definition) is 0. The van der Waals surface area contributed by atoms with Crippen LogP contribution in [0.25, 0.3) is 0 Å². The van der Waals surface area contributed by atoms with E-state index < -0.39 is 6.10 Å². The van der Waals surface area contributed by atoms with Crippen LogP contribution >= 0.6 is 0 Å². The summed E-state index contributed by atoms with van der Waals surface area (Å²) in [6.45, 7) is 1.79. The van der Waals surface area contributed by atoms with Crippen LogP contribution in [0.4, 0.5) is 0 Å². The van der Waals surface area contributed by atoms with E-state index in [1.807, 2.05) is 78.9 Å². The Hall–Kier alpha value is -3.70. The fraction of sp³-hybridized carbons (Fsp3) is 0.212. The Morgan fingerprint density at radius 2 is 1.08 bits per heavy atom. The van der Waals surface area contributed by atoms with Gasteiger partial charge in [-0.25, -0.2) is 0 Å². The van der Waals surface area contributed by atoms with Crippen molar-refractivity contribution in [1.82, 2.24) is 0 Å². The Morgan fingerprint density at radius 1 is 0.568 bits per heavy atom. The average Bonchev–Trinajstić information content (AvgIpc) is 2.97. The Labute approximate surface area is 219 Å². The smallest absolute Gasteiger partial charge is 0.143 e. The van der Waals surface area contributed by atoms with Gasteiger partial charge in [0.25, 0.3) is 0 Å². The van der Waals surface area contributed by atoms with Crippen molar-refractivity contribution in [1.29, 1.82) is 0 Å². The van der Waals surface area contributed by atoms with Crippen molar-refractivity contribution in [2.24, 2.45) is 0 Å². The minimum Gasteiger partial charge on any atom is -0.491 e. The third-order valence-corrected chi connectivity index (χ3v) is 6.30. The number of rotatable bonds is 11. The zero-order chi connectivity index (χ0) is 25.1. The fourth-order valence-electron chi connectivity index (χ4n) is 4.36. The lowest BCUT2D eigenvalue weighted by atomic mass is 10.0. The van der Waals surface area contributed by atoms with Gasteiger partial charge >= 0.3 is 0 Å². The summed E-state index contributed by atoms with van der Waals surface area (Å²) in [5.41, 5.74) is 4.39. The maximum atomic E-state index is 6.59. The first-order valence-corrected chi connectivity index (χ1v) is 12.7. The molecular formula is C33H32O4. The zero-order valence-electron chi connectivity index (χ0n) is 20.8. The van der Waals surface area contributed by atoms with Crippen molar-refractivity contribution in [3.63, 3.8) is 0 Å². The molecule has 37 heavy (non-hydrogen) atoms. The first-order valence-electron chi connectivity index (χ1n) is 12.7. The fourth-order valence-corrected chi connectivity index (χ4v) is 4.36. The molecule has 0 fully saturated rings. The predicted octanol–water partition coefficient (Wildman–Crippen LogP) is 7.03. The monoisotopic (exact) mass is 492 g/mol. The van der Waals surface area contributed by atoms with Gasteiger partial charge in [-0.3, -0.25) is 0 Å². The second-order valence-electron chi connectivity index (χ2n) is 9.07. The average molecular weight is 493 g/mol. The van der Waals surface area contributed by atoms with Crippen molar-refractivity contribution in [2.45, 2.75) is 38.1 Å². The molecule has 0 radical (unpaired) electrons. The van der Waals surface area contributed by atoms with Gasteiger partial charge < -0.3 is 18.9 Å². The van der Waals surface area contributed by atoms with E-state index in [-0.39, 0.29) is 12.2 Å². The van der Waals surface area contributed by atoms with E-state index in [0.29, 0.717) is 26.4 Å². The summed E-state index contributed by atoms with van der Waals surface area (Å²) in [5, 5.41) is 0. The lowest BCUT2D eigenvalue weighted by Crippen LogP contribution is -2.41. The lowest BCUT2D eigenvalue weighted by Gasteiger charge is -2.36. The molecule has 4 nitrogen and oxygen atoms in total. The molecule has 5 rings (SSSR count). The summed E-state index contributed by atoms with van der Waals surface area (Å²) in [5.74, 6) is 0.771. The second-order valence-corrected chi connectivity index (χ2v) is 9.07. The molecule has 4 aromatic carbocycles. The molecule has 0 bridgehead atoms. The van der Waals surface area contributed by atoms with Crippen LogP contribution in [-0.4, -0.2) is 18.8 Å². The van der Waals surface area contributed by atoms with Gasteiger partial charge in [-0.1, -0.05) is 121 Å². The SMILES string of the molecule is C1=C(OCc2ccccc2)[C@@H](OCc2ccccc2)[C@@H](COCc2ccccc2)O[C@@H]1c1ccccc1. The first kappa shape index (κ1) is 25.0. The molecule has 0 aromatic heterocycles. The minimum atomic E-state index is -0.403. The molecule has 1 aliphatic rings. The predicted molar refractivity (Wildman–Crippen MR) is 144 cm³/mol. The molecule has 0 amide bonds. The molecule has 4 heteroatoms. The summed E-state index contributed by atoms with van der Waals surface area (Å²) in [6, 6.07) is 40.7. The normalized spacial score (nSPS) is 19.2. The number of hydrogen-bond acceptors (Lipinski definition) is 4. The highest BCUT2D eigenvalue weighted by Gasteiger charge is 2.36. The summed E-state index contributed by atoms with van der Waals surface area (Å²) >= 11 is 0. The molecular weight excluding hydrogens is 460 g/mol. The van der Waals surface area contributed by atoms with Crippen LogP contribution in [0, 0.1) is 0 Å². The third kappa shape index (κ3) is 7.17. The van der Waals surface area contributed by atoms with E-state index in [0.717, 1.165) is 28.0 Å². The molecule has 0 aliphatic carbocycles. The van der Waals surface area contributed by atoms with Gasteiger partial charge in [0, 0.05) is 0 Å². The van der Waals surface area contributed by atoms with Gasteiger partial charge in [0.1, 0.15) is 30.7 Å². The highest BCUT2D eigenvalue weighted by Crippen LogP contribution is 2.33. The van der Waals surface area contributed by atoms with Crippen molar-refractivity contribution < 1.29 is 18.9 Å². The van der Waals surface area contributed by atoms with Crippen LogP contribution in [0.1, 0.15) is 28.4 Å². The highest BCUT2D eigenvalue weighted by atomic mass is 16.6. The Kier molecular flexibility index (Phi) is 8.79. The van der Waals surface area contributed by atoms with Gasteiger partial charge in [-0.2, -0.15) is 0 Å². The lowest BCUT2D eigenvalue weighted by molar-refractivity contribution is -0.142. The summed E-state index contributed by atoms with van der Waals surface area (Å²) in [7, 11) is 0. The standard InChI is InChI=1S/C33H32O4/c1-5-13-26(14-6-1)22-34-25-32-33(36-24-28-17-9-3-10-18-28)31(35-23-27-15-7-2-8-16-27)21-30(37-32)29-19-11-4-12-20-29/h1-21,30,32-33H,22-25H2/t30-,32+,33+/m0/s1. The van der Waals surface area contributed by atoms with Gasteiger partial charge in [0.05, 0.1) is 19.8 Å². The van der Waals surface area contributed by atoms with E-state index in [2.05, 4.69) is 48.5 Å². The Morgan fingerprint density at radius 3 is 1.68 bits per heavy atom. The van der Waals surface area contributed by atoms with E-state index >= 15 is 0 Å². The molecule has 1 aliphatic heterocycles. The molecule has 0 unspecified atom stereocenters. The minimum absolute atomic E-state index is 0.256. The van der Waals surface area contributed by atoms with Crippen molar-refractivity contribution in [3.05, 3.63) is 155 Å². The molecule has 0 saturated heterocycles. The Balaban J connectivity index is 1.38. The summed E-state index contributed by atoms with van der Waals surface area (Å²) in [4.78, 5) is 0. The van der Waals surface area contributed by atoms with Crippen LogP contribution in [-0.2, 0) is 38.8 Å². The van der Waals surface area contributed by atoms with Gasteiger partial charge in [-0.05, 0) is 28.3 Å². The molecule has 3 atom stereocenters. The van der Waals surface area contributed by atoms with Crippen molar-refractivity contribution in [3.8, 4) is 0 Å². The van der Waals surface area contributed by atoms with E-state index in [1.54, 1.807) is 0 Å². The van der Waals surface area contributed by atoms with Crippen LogP contribution in [0.15, 0.2) is 133 Å². The van der Waals surface area contributed by atoms with Crippen molar-refractivity contribution >= 4 is 0 Å². The molecule has 4 aromatic rings. The van der Waals surface area contributed by atoms with Crippen LogP contribution in [0.5, 0.6) is 0 Å². The Bertz CT molecular complexity index is 1230. The number of ether oxygens (including phenoxy) is 4. The molecule has 0 N–H and O–H groups in total. The molecule has 0 spiro atoms. The second kappa shape index (κ2) is 13.0. The van der Waals surface area contributed by atoms with Crippen molar-refractivity contribution in [2.75, 3.05) is 6.61 Å². The van der Waals surface area contributed by atoms with Crippen LogP contribution in [0.3, 0.4) is 0 Å². The topological polar surface area (TPSA) is 36.9 Å². The third-order valence-electron chi connectivity index (χ3n) is 6.30. The van der Waals surface area contributed by atoms with E-state index in [9.17, 15) is 0 Å². The summed E-state index contributed by atoms with van der Waals surface area (Å²) < 4.78 is 25.6. The zero-order valence-corrected chi connectivity index (χ0v) is 20.8.